The highest BCUT2D eigenvalue weighted by Gasteiger charge is 2.61. The van der Waals surface area contributed by atoms with Crippen molar-refractivity contribution in [3.8, 4) is 0 Å². The molecular formula is C12H10F3N3O3. The van der Waals surface area contributed by atoms with Gasteiger partial charge in [-0.15, -0.1) is 0 Å². The van der Waals surface area contributed by atoms with Gasteiger partial charge in [-0.3, -0.25) is 10.1 Å². The molecule has 6 nitrogen and oxygen atoms in total. The van der Waals surface area contributed by atoms with Gasteiger partial charge in [0.1, 0.15) is 24.1 Å². The van der Waals surface area contributed by atoms with Crippen LogP contribution in [0.2, 0.25) is 0 Å². The largest absolute Gasteiger partial charge is 0.462 e. The van der Waals surface area contributed by atoms with Crippen LogP contribution in [0.3, 0.4) is 0 Å². The molecule has 0 amide bonds. The molecule has 0 saturated heterocycles. The van der Waals surface area contributed by atoms with Gasteiger partial charge in [0.2, 0.25) is 5.82 Å². The van der Waals surface area contributed by atoms with Crippen LogP contribution in [0.25, 0.3) is 0 Å². The summed E-state index contributed by atoms with van der Waals surface area (Å²) in [5.41, 5.74) is 1.81. The van der Waals surface area contributed by atoms with Crippen molar-refractivity contribution >= 4 is 11.7 Å². The summed E-state index contributed by atoms with van der Waals surface area (Å²) >= 11 is 0. The number of ether oxygens (including phenoxy) is 1. The maximum atomic E-state index is 14.3. The van der Waals surface area contributed by atoms with Crippen LogP contribution < -0.4 is 5.73 Å². The Morgan fingerprint density at radius 2 is 2.24 bits per heavy atom. The lowest BCUT2D eigenvalue weighted by atomic mass is 9.85. The normalized spacial score (nSPS) is 30.1. The molecule has 1 aromatic carbocycles. The van der Waals surface area contributed by atoms with Crippen LogP contribution in [0.4, 0.5) is 18.9 Å². The second kappa shape index (κ2) is 4.34. The van der Waals surface area contributed by atoms with Gasteiger partial charge in [0.05, 0.1) is 10.5 Å². The highest BCUT2D eigenvalue weighted by atomic mass is 19.1. The number of aliphatic imine (C=N–C) groups is 1. The zero-order chi connectivity index (χ0) is 15.4. The van der Waals surface area contributed by atoms with E-state index in [1.165, 1.54) is 0 Å². The van der Waals surface area contributed by atoms with Crippen LogP contribution >= 0.6 is 0 Å². The fourth-order valence-corrected chi connectivity index (χ4v) is 2.78. The molecule has 0 aromatic heterocycles. The van der Waals surface area contributed by atoms with Gasteiger partial charge in [-0.25, -0.2) is 13.8 Å². The molecular weight excluding hydrogens is 291 g/mol. The number of rotatable bonds is 3. The molecule has 1 aromatic rings. The molecule has 112 valence electrons. The lowest BCUT2D eigenvalue weighted by Crippen LogP contribution is -2.40. The minimum absolute atomic E-state index is 0.329. The van der Waals surface area contributed by atoms with E-state index in [0.29, 0.717) is 12.5 Å². The first-order valence-electron chi connectivity index (χ1n) is 6.11. The van der Waals surface area contributed by atoms with Crippen molar-refractivity contribution in [1.82, 2.24) is 0 Å². The number of benzene rings is 1. The summed E-state index contributed by atoms with van der Waals surface area (Å²) in [6, 6.07) is 1.04. The zero-order valence-corrected chi connectivity index (χ0v) is 10.6. The Balaban J connectivity index is 2.25. The number of fused-ring (bicyclic) bond motifs is 1. The molecule has 3 rings (SSSR count). The molecule has 1 fully saturated rings. The number of halogens is 3. The van der Waals surface area contributed by atoms with Crippen LogP contribution in [-0.2, 0) is 10.3 Å². The van der Waals surface area contributed by atoms with Gasteiger partial charge >= 0.3 is 5.69 Å². The van der Waals surface area contributed by atoms with Gasteiger partial charge in [-0.1, -0.05) is 0 Å². The predicted octanol–water partition coefficient (Wildman–Crippen LogP) is 1.77. The minimum atomic E-state index is -1.91. The summed E-state index contributed by atoms with van der Waals surface area (Å²) in [6.07, 6.45) is -0.147. The van der Waals surface area contributed by atoms with Crippen LogP contribution in [0.1, 0.15) is 12.0 Å². The molecule has 0 radical (unpaired) electrons. The number of hydrogen-bond donors (Lipinski definition) is 1. The van der Waals surface area contributed by atoms with Crippen molar-refractivity contribution in [2.75, 3.05) is 6.67 Å². The third kappa shape index (κ3) is 1.83. The first-order chi connectivity index (χ1) is 9.90. The van der Waals surface area contributed by atoms with E-state index in [4.69, 9.17) is 10.5 Å². The standard InChI is InChI=1S/C12H10F3N3O3/c13-4-12(5-3-8(5)21-11(16)17-12)9-6(14)1-2-7(10(9)15)18(19)20/h1-2,5,8H,3-4H2,(H2,16,17). The van der Waals surface area contributed by atoms with E-state index in [2.05, 4.69) is 4.99 Å². The number of amidine groups is 1. The number of nitrogens with zero attached hydrogens (tertiary/aromatic N) is 2. The quantitative estimate of drug-likeness (QED) is 0.680. The third-order valence-corrected chi connectivity index (χ3v) is 3.83. The Morgan fingerprint density at radius 1 is 1.52 bits per heavy atom. The van der Waals surface area contributed by atoms with Gasteiger partial charge in [0.15, 0.2) is 0 Å². The third-order valence-electron chi connectivity index (χ3n) is 3.83. The van der Waals surface area contributed by atoms with E-state index in [9.17, 15) is 23.3 Å². The molecule has 1 saturated carbocycles. The molecule has 9 heteroatoms. The molecule has 3 unspecified atom stereocenters. The minimum Gasteiger partial charge on any atom is -0.462 e. The maximum Gasteiger partial charge on any atom is 0.305 e. The van der Waals surface area contributed by atoms with Gasteiger partial charge in [-0.2, -0.15) is 4.39 Å². The molecule has 2 aliphatic rings. The summed E-state index contributed by atoms with van der Waals surface area (Å²) < 4.78 is 47.1. The maximum absolute atomic E-state index is 14.3. The van der Waals surface area contributed by atoms with E-state index in [1.807, 2.05) is 0 Å². The Bertz CT molecular complexity index is 667. The van der Waals surface area contributed by atoms with Crippen LogP contribution in [-0.4, -0.2) is 23.7 Å². The smallest absolute Gasteiger partial charge is 0.305 e. The Hall–Kier alpha value is -2.32. The molecule has 3 atom stereocenters. The molecule has 1 aliphatic carbocycles. The van der Waals surface area contributed by atoms with Gasteiger partial charge < -0.3 is 10.5 Å². The van der Waals surface area contributed by atoms with Crippen LogP contribution in [0.5, 0.6) is 0 Å². The fraction of sp³-hybridized carbons (Fsp3) is 0.417. The summed E-state index contributed by atoms with van der Waals surface area (Å²) in [6.45, 7) is -1.23. The van der Waals surface area contributed by atoms with Crippen molar-refractivity contribution in [2.45, 2.75) is 18.1 Å². The first-order valence-corrected chi connectivity index (χ1v) is 6.11. The van der Waals surface area contributed by atoms with Gasteiger partial charge in [0.25, 0.3) is 6.02 Å². The fourth-order valence-electron chi connectivity index (χ4n) is 2.78. The lowest BCUT2D eigenvalue weighted by molar-refractivity contribution is -0.387. The highest BCUT2D eigenvalue weighted by Crippen LogP contribution is 2.54. The second-order valence-corrected chi connectivity index (χ2v) is 5.02. The van der Waals surface area contributed by atoms with E-state index in [-0.39, 0.29) is 6.02 Å². The molecule has 2 N–H and O–H groups in total. The number of hydrogen-bond acceptors (Lipinski definition) is 5. The van der Waals surface area contributed by atoms with E-state index >= 15 is 0 Å². The van der Waals surface area contributed by atoms with Crippen molar-refractivity contribution in [2.24, 2.45) is 16.6 Å². The van der Waals surface area contributed by atoms with Gasteiger partial charge in [-0.05, 0) is 12.5 Å². The summed E-state index contributed by atoms with van der Waals surface area (Å²) in [7, 11) is 0. The molecule has 1 aliphatic heterocycles. The Labute approximate surface area is 116 Å². The van der Waals surface area contributed by atoms with Crippen molar-refractivity contribution < 1.29 is 22.8 Å². The van der Waals surface area contributed by atoms with Crippen molar-refractivity contribution in [3.63, 3.8) is 0 Å². The van der Waals surface area contributed by atoms with Crippen molar-refractivity contribution in [1.29, 1.82) is 0 Å². The van der Waals surface area contributed by atoms with E-state index in [1.54, 1.807) is 0 Å². The first kappa shape index (κ1) is 13.7. The van der Waals surface area contributed by atoms with Crippen molar-refractivity contribution in [3.05, 3.63) is 39.4 Å². The Kier molecular flexibility index (Phi) is 2.82. The number of nitro benzene ring substituents is 1. The summed E-state index contributed by atoms with van der Waals surface area (Å²) in [4.78, 5) is 13.5. The highest BCUT2D eigenvalue weighted by molar-refractivity contribution is 5.74. The number of nitrogens with two attached hydrogens (primary N) is 1. The molecule has 1 heterocycles. The average molecular weight is 301 g/mol. The van der Waals surface area contributed by atoms with Gasteiger partial charge in [0, 0.05) is 12.0 Å². The molecule has 0 bridgehead atoms. The topological polar surface area (TPSA) is 90.8 Å². The number of nitro groups is 1. The van der Waals surface area contributed by atoms with Crippen LogP contribution in [0, 0.1) is 27.7 Å². The summed E-state index contributed by atoms with van der Waals surface area (Å²) in [5.74, 6) is -3.12. The summed E-state index contributed by atoms with van der Waals surface area (Å²) in [5, 5.41) is 10.8. The SMILES string of the molecule is NC1=NC(CF)(c2c(F)ccc([N+](=O)[O-])c2F)C2CC2O1. The molecule has 21 heavy (non-hydrogen) atoms. The second-order valence-electron chi connectivity index (χ2n) is 5.02. The van der Waals surface area contributed by atoms with E-state index < -0.39 is 52.0 Å². The number of alkyl halides is 1. The van der Waals surface area contributed by atoms with E-state index in [0.717, 1.165) is 6.07 Å². The van der Waals surface area contributed by atoms with Crippen LogP contribution in [0.15, 0.2) is 17.1 Å². The zero-order valence-electron chi connectivity index (χ0n) is 10.6. The monoisotopic (exact) mass is 301 g/mol. The Morgan fingerprint density at radius 3 is 2.86 bits per heavy atom. The average Bonchev–Trinajstić information content (AvgIpc) is 3.17. The lowest BCUT2D eigenvalue weighted by Gasteiger charge is -2.31. The predicted molar refractivity (Wildman–Crippen MR) is 65.3 cm³/mol. The molecule has 0 spiro atoms.